The summed E-state index contributed by atoms with van der Waals surface area (Å²) in [6, 6.07) is 10.8. The molecule has 2 rings (SSSR count). The molecular weight excluding hydrogens is 254 g/mol. The monoisotopic (exact) mass is 274 g/mol. The minimum Gasteiger partial charge on any atom is -0.200 e. The molecule has 0 bridgehead atoms. The lowest BCUT2D eigenvalue weighted by Gasteiger charge is -2.18. The van der Waals surface area contributed by atoms with Crippen LogP contribution in [0.2, 0.25) is 5.02 Å². The van der Waals surface area contributed by atoms with E-state index in [4.69, 9.17) is 11.6 Å². The molecule has 0 atom stereocenters. The molecule has 19 heavy (non-hydrogen) atoms. The van der Waals surface area contributed by atoms with E-state index in [1.807, 2.05) is 19.2 Å². The summed E-state index contributed by atoms with van der Waals surface area (Å²) >= 11 is 6.04. The summed E-state index contributed by atoms with van der Waals surface area (Å²) in [4.78, 5) is 0. The molecule has 0 N–H and O–H groups in total. The highest BCUT2D eigenvalue weighted by molar-refractivity contribution is 6.31. The van der Waals surface area contributed by atoms with Crippen LogP contribution in [0.3, 0.4) is 0 Å². The molecule has 0 unspecified atom stereocenters. The van der Waals surface area contributed by atoms with Gasteiger partial charge in [-0.2, -0.15) is 0 Å². The van der Waals surface area contributed by atoms with Gasteiger partial charge in [0.1, 0.15) is 0 Å². The number of halogens is 1. The number of aryl methyl sites for hydroxylation is 1. The number of hydrogen-bond acceptors (Lipinski definition) is 0. The van der Waals surface area contributed by atoms with Gasteiger partial charge in [0.15, 0.2) is 18.9 Å². The van der Waals surface area contributed by atoms with Crippen LogP contribution in [0.1, 0.15) is 37.5 Å². The Labute approximate surface area is 120 Å². The number of hydrogen-bond donors (Lipinski definition) is 0. The van der Waals surface area contributed by atoms with Gasteiger partial charge < -0.3 is 0 Å². The van der Waals surface area contributed by atoms with Crippen molar-refractivity contribution < 1.29 is 4.57 Å². The Bertz CT molecular complexity index is 565. The van der Waals surface area contributed by atoms with E-state index in [1.54, 1.807) is 0 Å². The molecule has 100 valence electrons. The molecule has 2 aromatic rings. The van der Waals surface area contributed by atoms with E-state index >= 15 is 0 Å². The average molecular weight is 275 g/mol. The van der Waals surface area contributed by atoms with Crippen molar-refractivity contribution in [3.05, 3.63) is 64.4 Å². The van der Waals surface area contributed by atoms with Gasteiger partial charge in [0, 0.05) is 17.2 Å². The summed E-state index contributed by atoms with van der Waals surface area (Å²) in [5.74, 6) is 0. The van der Waals surface area contributed by atoms with Crippen molar-refractivity contribution in [1.29, 1.82) is 0 Å². The van der Waals surface area contributed by atoms with Crippen LogP contribution in [-0.4, -0.2) is 0 Å². The molecule has 0 fully saturated rings. The molecule has 0 radical (unpaired) electrons. The lowest BCUT2D eigenvalue weighted by atomic mass is 9.87. The SMILES string of the molecule is Cc1c[n+](Cc2ccc(C(C)(C)C)cc2)ccc1Cl. The molecule has 0 spiro atoms. The van der Waals surface area contributed by atoms with Crippen LogP contribution in [0.5, 0.6) is 0 Å². The third-order valence-corrected chi connectivity index (χ3v) is 3.76. The van der Waals surface area contributed by atoms with Crippen molar-refractivity contribution in [2.75, 3.05) is 0 Å². The van der Waals surface area contributed by atoms with Gasteiger partial charge in [-0.25, -0.2) is 4.57 Å². The second-order valence-electron chi connectivity index (χ2n) is 6.10. The van der Waals surface area contributed by atoms with Gasteiger partial charge in [0.05, 0.1) is 5.02 Å². The minimum atomic E-state index is 0.211. The fraction of sp³-hybridized carbons (Fsp3) is 0.353. The number of nitrogens with zero attached hydrogens (tertiary/aromatic N) is 1. The predicted octanol–water partition coefficient (Wildman–Crippen LogP) is 4.28. The highest BCUT2D eigenvalue weighted by Crippen LogP contribution is 2.22. The van der Waals surface area contributed by atoms with Crippen molar-refractivity contribution >= 4 is 11.6 Å². The summed E-state index contributed by atoms with van der Waals surface area (Å²) in [6.45, 7) is 9.61. The molecule has 0 aliphatic rings. The van der Waals surface area contributed by atoms with Gasteiger partial charge in [-0.05, 0) is 17.9 Å². The summed E-state index contributed by atoms with van der Waals surface area (Å²) in [5, 5.41) is 0.819. The summed E-state index contributed by atoms with van der Waals surface area (Å²) in [7, 11) is 0. The van der Waals surface area contributed by atoms with Gasteiger partial charge in [-0.3, -0.25) is 0 Å². The first kappa shape index (κ1) is 14.1. The molecule has 0 aliphatic carbocycles. The topological polar surface area (TPSA) is 3.88 Å². The zero-order valence-electron chi connectivity index (χ0n) is 12.1. The molecule has 1 nitrogen and oxygen atoms in total. The van der Waals surface area contributed by atoms with Crippen molar-refractivity contribution in [1.82, 2.24) is 0 Å². The zero-order valence-corrected chi connectivity index (χ0v) is 12.8. The van der Waals surface area contributed by atoms with Crippen LogP contribution in [-0.2, 0) is 12.0 Å². The standard InChI is InChI=1S/C17H21ClN/c1-13-11-19(10-9-16(13)18)12-14-5-7-15(8-6-14)17(2,3)4/h5-11H,12H2,1-4H3/q+1. The lowest BCUT2D eigenvalue weighted by Crippen LogP contribution is -2.33. The van der Waals surface area contributed by atoms with Crippen LogP contribution in [0, 0.1) is 6.92 Å². The quantitative estimate of drug-likeness (QED) is 0.720. The van der Waals surface area contributed by atoms with Crippen molar-refractivity contribution in [3.63, 3.8) is 0 Å². The first-order chi connectivity index (χ1) is 8.86. The van der Waals surface area contributed by atoms with Crippen LogP contribution in [0.4, 0.5) is 0 Å². The maximum atomic E-state index is 6.04. The van der Waals surface area contributed by atoms with Crippen LogP contribution >= 0.6 is 11.6 Å². The lowest BCUT2D eigenvalue weighted by molar-refractivity contribution is -0.688. The smallest absolute Gasteiger partial charge is 0.173 e. The third-order valence-electron chi connectivity index (χ3n) is 3.33. The maximum Gasteiger partial charge on any atom is 0.173 e. The largest absolute Gasteiger partial charge is 0.200 e. The molecular formula is C17H21ClN+. The predicted molar refractivity (Wildman–Crippen MR) is 80.6 cm³/mol. The molecule has 1 aromatic heterocycles. The molecule has 0 saturated carbocycles. The zero-order chi connectivity index (χ0) is 14.0. The highest BCUT2D eigenvalue weighted by Gasteiger charge is 2.13. The van der Waals surface area contributed by atoms with E-state index in [9.17, 15) is 0 Å². The molecule has 1 heterocycles. The van der Waals surface area contributed by atoms with Gasteiger partial charge in [0.2, 0.25) is 0 Å². The second-order valence-corrected chi connectivity index (χ2v) is 6.50. The molecule has 0 amide bonds. The van der Waals surface area contributed by atoms with Crippen LogP contribution in [0.25, 0.3) is 0 Å². The van der Waals surface area contributed by atoms with E-state index < -0.39 is 0 Å². The Morgan fingerprint density at radius 2 is 1.68 bits per heavy atom. The summed E-state index contributed by atoms with van der Waals surface area (Å²) < 4.78 is 2.16. The number of aromatic nitrogens is 1. The van der Waals surface area contributed by atoms with Gasteiger partial charge >= 0.3 is 0 Å². The number of benzene rings is 1. The summed E-state index contributed by atoms with van der Waals surface area (Å²) in [5.41, 5.74) is 3.99. The normalized spacial score (nSPS) is 11.6. The van der Waals surface area contributed by atoms with E-state index in [-0.39, 0.29) is 5.41 Å². The minimum absolute atomic E-state index is 0.211. The number of rotatable bonds is 2. The van der Waals surface area contributed by atoms with E-state index in [0.29, 0.717) is 0 Å². The Morgan fingerprint density at radius 3 is 2.21 bits per heavy atom. The van der Waals surface area contributed by atoms with Crippen molar-refractivity contribution in [3.8, 4) is 0 Å². The Morgan fingerprint density at radius 1 is 1.05 bits per heavy atom. The van der Waals surface area contributed by atoms with E-state index in [0.717, 1.165) is 17.1 Å². The van der Waals surface area contributed by atoms with Gasteiger partial charge in [-0.1, -0.05) is 56.6 Å². The van der Waals surface area contributed by atoms with Crippen molar-refractivity contribution in [2.45, 2.75) is 39.7 Å². The third kappa shape index (κ3) is 3.57. The van der Waals surface area contributed by atoms with Gasteiger partial charge in [-0.15, -0.1) is 0 Å². The van der Waals surface area contributed by atoms with E-state index in [2.05, 4.69) is 55.8 Å². The molecule has 0 aliphatic heterocycles. The molecule has 2 heteroatoms. The average Bonchev–Trinajstić information content (AvgIpc) is 2.33. The van der Waals surface area contributed by atoms with Crippen LogP contribution in [0.15, 0.2) is 42.7 Å². The number of pyridine rings is 1. The Balaban J connectivity index is 2.17. The highest BCUT2D eigenvalue weighted by atomic mass is 35.5. The first-order valence-corrected chi connectivity index (χ1v) is 6.99. The van der Waals surface area contributed by atoms with Gasteiger partial charge in [0.25, 0.3) is 0 Å². The molecule has 0 saturated heterocycles. The fourth-order valence-corrected chi connectivity index (χ4v) is 2.17. The van der Waals surface area contributed by atoms with Crippen LogP contribution < -0.4 is 4.57 Å². The summed E-state index contributed by atoms with van der Waals surface area (Å²) in [6.07, 6.45) is 4.10. The molecule has 1 aromatic carbocycles. The fourth-order valence-electron chi connectivity index (χ4n) is 2.07. The first-order valence-electron chi connectivity index (χ1n) is 6.61. The Hall–Kier alpha value is -1.34. The second kappa shape index (κ2) is 5.34. The Kier molecular flexibility index (Phi) is 3.96. The van der Waals surface area contributed by atoms with E-state index in [1.165, 1.54) is 11.1 Å². The van der Waals surface area contributed by atoms with Crippen molar-refractivity contribution in [2.24, 2.45) is 0 Å². The maximum absolute atomic E-state index is 6.04.